The van der Waals surface area contributed by atoms with Crippen LogP contribution in [0.1, 0.15) is 22.8 Å². The van der Waals surface area contributed by atoms with Gasteiger partial charge in [0.2, 0.25) is 0 Å². The molecule has 0 radical (unpaired) electrons. The topological polar surface area (TPSA) is 32.7 Å². The fourth-order valence-electron chi connectivity index (χ4n) is 3.87. The minimum atomic E-state index is -0.425. The van der Waals surface area contributed by atoms with E-state index in [-0.39, 0.29) is 12.0 Å². The molecule has 1 saturated heterocycles. The van der Waals surface area contributed by atoms with E-state index in [1.54, 1.807) is 0 Å². The van der Waals surface area contributed by atoms with Crippen LogP contribution in [0, 0.1) is 5.92 Å². The molecule has 3 aromatic carbocycles. The molecule has 3 nitrogen and oxygen atoms in total. The summed E-state index contributed by atoms with van der Waals surface area (Å²) in [5, 5.41) is 11.0. The second kappa shape index (κ2) is 9.16. The molecule has 3 aromatic rings. The van der Waals surface area contributed by atoms with E-state index in [1.807, 2.05) is 30.3 Å². The lowest BCUT2D eigenvalue weighted by molar-refractivity contribution is -0.165. The van der Waals surface area contributed by atoms with Crippen LogP contribution in [-0.4, -0.2) is 29.3 Å². The normalized spacial score (nSPS) is 19.9. The molecular weight excluding hydrogens is 346 g/mol. The molecule has 1 unspecified atom stereocenters. The van der Waals surface area contributed by atoms with Gasteiger partial charge in [0.05, 0.1) is 18.8 Å². The summed E-state index contributed by atoms with van der Waals surface area (Å²) < 4.78 is 5.79. The van der Waals surface area contributed by atoms with Crippen molar-refractivity contribution in [1.82, 2.24) is 4.90 Å². The first-order chi connectivity index (χ1) is 13.8. The lowest BCUT2D eigenvalue weighted by Gasteiger charge is -2.41. The first-order valence-corrected chi connectivity index (χ1v) is 9.94. The number of hydrogen-bond acceptors (Lipinski definition) is 3. The van der Waals surface area contributed by atoms with Crippen LogP contribution in [0.3, 0.4) is 0 Å². The Morgan fingerprint density at radius 2 is 1.29 bits per heavy atom. The third-order valence-electron chi connectivity index (χ3n) is 5.42. The Morgan fingerprint density at radius 3 is 1.75 bits per heavy atom. The van der Waals surface area contributed by atoms with Gasteiger partial charge in [0, 0.05) is 25.6 Å². The monoisotopic (exact) mass is 373 g/mol. The molecule has 4 rings (SSSR count). The maximum Gasteiger partial charge on any atom is 0.0900 e. The van der Waals surface area contributed by atoms with Gasteiger partial charge in [-0.1, -0.05) is 91.0 Å². The van der Waals surface area contributed by atoms with Crippen LogP contribution in [0.15, 0.2) is 91.0 Å². The Bertz CT molecular complexity index is 797. The third-order valence-corrected chi connectivity index (χ3v) is 5.42. The molecule has 3 heteroatoms. The van der Waals surface area contributed by atoms with Crippen molar-refractivity contribution in [3.05, 3.63) is 108 Å². The predicted octanol–water partition coefficient (Wildman–Crippen LogP) is 4.44. The molecule has 0 aliphatic carbocycles. The summed E-state index contributed by atoms with van der Waals surface area (Å²) >= 11 is 0. The van der Waals surface area contributed by atoms with Crippen molar-refractivity contribution in [2.24, 2.45) is 5.92 Å². The molecule has 1 aliphatic heterocycles. The van der Waals surface area contributed by atoms with E-state index in [2.05, 4.69) is 65.6 Å². The maximum absolute atomic E-state index is 11.0. The summed E-state index contributed by atoms with van der Waals surface area (Å²) in [5.74, 6) is 0.136. The van der Waals surface area contributed by atoms with Gasteiger partial charge in [-0.2, -0.15) is 0 Å². The molecule has 3 atom stereocenters. The molecule has 28 heavy (non-hydrogen) atoms. The van der Waals surface area contributed by atoms with Crippen LogP contribution in [0.4, 0.5) is 0 Å². The number of aliphatic hydroxyl groups excluding tert-OH is 1. The molecular formula is C25H27NO2. The van der Waals surface area contributed by atoms with Gasteiger partial charge in [0.1, 0.15) is 0 Å². The third kappa shape index (κ3) is 4.68. The van der Waals surface area contributed by atoms with Crippen molar-refractivity contribution in [2.45, 2.75) is 25.3 Å². The van der Waals surface area contributed by atoms with Crippen LogP contribution in [0.5, 0.6) is 0 Å². The summed E-state index contributed by atoms with van der Waals surface area (Å²) in [5.41, 5.74) is 3.67. The van der Waals surface area contributed by atoms with Crippen LogP contribution in [-0.2, 0) is 17.8 Å². The lowest BCUT2D eigenvalue weighted by Crippen LogP contribution is -2.46. The van der Waals surface area contributed by atoms with Gasteiger partial charge >= 0.3 is 0 Å². The number of benzene rings is 3. The fraction of sp³-hybridized carbons (Fsp3) is 0.280. The summed E-state index contributed by atoms with van der Waals surface area (Å²) in [6.45, 7) is 2.87. The summed E-state index contributed by atoms with van der Waals surface area (Å²) in [6.07, 6.45) is -0.433. The van der Waals surface area contributed by atoms with Crippen molar-refractivity contribution < 1.29 is 9.84 Å². The van der Waals surface area contributed by atoms with Gasteiger partial charge in [0.15, 0.2) is 0 Å². The Hall–Kier alpha value is -2.46. The molecule has 0 spiro atoms. The van der Waals surface area contributed by atoms with Crippen molar-refractivity contribution in [1.29, 1.82) is 0 Å². The fourth-order valence-corrected chi connectivity index (χ4v) is 3.87. The quantitative estimate of drug-likeness (QED) is 0.634. The molecule has 1 heterocycles. The summed E-state index contributed by atoms with van der Waals surface area (Å²) in [7, 11) is 0. The predicted molar refractivity (Wildman–Crippen MR) is 112 cm³/mol. The number of ether oxygens (including phenoxy) is 1. The van der Waals surface area contributed by atoms with E-state index < -0.39 is 6.10 Å². The molecule has 0 aromatic heterocycles. The minimum absolute atomic E-state index is 0.00787. The van der Waals surface area contributed by atoms with Gasteiger partial charge < -0.3 is 9.84 Å². The second-order valence-electron chi connectivity index (χ2n) is 7.54. The smallest absolute Gasteiger partial charge is 0.0900 e. The van der Waals surface area contributed by atoms with Crippen molar-refractivity contribution >= 4 is 0 Å². The largest absolute Gasteiger partial charge is 0.391 e. The van der Waals surface area contributed by atoms with Gasteiger partial charge in [-0.25, -0.2) is 0 Å². The highest BCUT2D eigenvalue weighted by Crippen LogP contribution is 2.37. The van der Waals surface area contributed by atoms with E-state index in [4.69, 9.17) is 4.74 Å². The molecule has 1 fully saturated rings. The van der Waals surface area contributed by atoms with Gasteiger partial charge in [-0.3, -0.25) is 4.90 Å². The number of rotatable bonds is 8. The van der Waals surface area contributed by atoms with Crippen LogP contribution >= 0.6 is 0 Å². The maximum atomic E-state index is 11.0. The van der Waals surface area contributed by atoms with E-state index in [0.29, 0.717) is 13.2 Å². The van der Waals surface area contributed by atoms with E-state index in [0.717, 1.165) is 18.7 Å². The number of nitrogens with zero attached hydrogens (tertiary/aromatic N) is 1. The van der Waals surface area contributed by atoms with E-state index in [1.165, 1.54) is 11.1 Å². The SMILES string of the molecule is OC(CN(Cc1ccccc1)Cc1ccccc1)[C@@H]1CO[C@@H]1c1ccccc1. The summed E-state index contributed by atoms with van der Waals surface area (Å²) in [4.78, 5) is 2.33. The Labute approximate surface area is 167 Å². The Balaban J connectivity index is 1.45. The van der Waals surface area contributed by atoms with Gasteiger partial charge in [-0.15, -0.1) is 0 Å². The highest BCUT2D eigenvalue weighted by atomic mass is 16.5. The minimum Gasteiger partial charge on any atom is -0.391 e. The standard InChI is InChI=1S/C25H27NO2/c27-24(23-19-28-25(23)22-14-8-3-9-15-22)18-26(16-20-10-4-1-5-11-20)17-21-12-6-2-7-13-21/h1-15,23-25,27H,16-19H2/t23-,24?,25+/m0/s1. The highest BCUT2D eigenvalue weighted by molar-refractivity contribution is 5.21. The number of hydrogen-bond donors (Lipinski definition) is 1. The average molecular weight is 373 g/mol. The first kappa shape index (κ1) is 18.9. The Kier molecular flexibility index (Phi) is 6.17. The van der Waals surface area contributed by atoms with Crippen LogP contribution < -0.4 is 0 Å². The van der Waals surface area contributed by atoms with Crippen molar-refractivity contribution in [3.63, 3.8) is 0 Å². The molecule has 1 N–H and O–H groups in total. The van der Waals surface area contributed by atoms with E-state index >= 15 is 0 Å². The number of aliphatic hydroxyl groups is 1. The molecule has 0 saturated carbocycles. The summed E-state index contributed by atoms with van der Waals surface area (Å²) in [6, 6.07) is 31.1. The van der Waals surface area contributed by atoms with Crippen molar-refractivity contribution in [2.75, 3.05) is 13.2 Å². The van der Waals surface area contributed by atoms with Gasteiger partial charge in [0.25, 0.3) is 0 Å². The zero-order valence-corrected chi connectivity index (χ0v) is 16.0. The molecule has 1 aliphatic rings. The van der Waals surface area contributed by atoms with Crippen molar-refractivity contribution in [3.8, 4) is 0 Å². The van der Waals surface area contributed by atoms with Crippen LogP contribution in [0.2, 0.25) is 0 Å². The highest BCUT2D eigenvalue weighted by Gasteiger charge is 2.39. The molecule has 0 amide bonds. The van der Waals surface area contributed by atoms with Crippen LogP contribution in [0.25, 0.3) is 0 Å². The zero-order valence-electron chi connectivity index (χ0n) is 16.0. The molecule has 144 valence electrons. The first-order valence-electron chi connectivity index (χ1n) is 9.94. The zero-order chi connectivity index (χ0) is 19.2. The van der Waals surface area contributed by atoms with E-state index in [9.17, 15) is 5.11 Å². The molecule has 0 bridgehead atoms. The Morgan fingerprint density at radius 1 is 0.786 bits per heavy atom. The lowest BCUT2D eigenvalue weighted by atomic mass is 9.86. The van der Waals surface area contributed by atoms with Gasteiger partial charge in [-0.05, 0) is 16.7 Å². The average Bonchev–Trinajstić information content (AvgIpc) is 2.69. The second-order valence-corrected chi connectivity index (χ2v) is 7.54.